The van der Waals surface area contributed by atoms with Crippen LogP contribution in [0.3, 0.4) is 0 Å². The minimum Gasteiger partial charge on any atom is -0.507 e. The summed E-state index contributed by atoms with van der Waals surface area (Å²) in [7, 11) is 2.97. The monoisotopic (exact) mass is 449 g/mol. The summed E-state index contributed by atoms with van der Waals surface area (Å²) in [5, 5.41) is 11.8. The number of aryl methyl sites for hydroxylation is 1. The number of rotatable bonds is 6. The maximum absolute atomic E-state index is 13.0. The highest BCUT2D eigenvalue weighted by molar-refractivity contribution is 6.47. The average molecular weight is 450 g/mol. The number of likely N-dealkylation sites (tertiary alicyclic amines) is 1. The van der Waals surface area contributed by atoms with Crippen molar-refractivity contribution in [1.82, 2.24) is 4.90 Å². The quantitative estimate of drug-likeness (QED) is 0.402. The second kappa shape index (κ2) is 9.08. The van der Waals surface area contributed by atoms with Crippen molar-refractivity contribution < 1.29 is 24.2 Å². The van der Waals surface area contributed by atoms with E-state index in [4.69, 9.17) is 32.7 Å². The fourth-order valence-electron chi connectivity index (χ4n) is 3.48. The molecule has 1 aliphatic heterocycles. The van der Waals surface area contributed by atoms with Crippen molar-refractivity contribution in [2.75, 3.05) is 27.4 Å². The molecule has 1 unspecified atom stereocenters. The lowest BCUT2D eigenvalue weighted by Crippen LogP contribution is -2.32. The number of Topliss-reactive ketones (excluding diaryl/α,β-unsaturated/α-hetero) is 1. The molecule has 0 spiro atoms. The van der Waals surface area contributed by atoms with Crippen molar-refractivity contribution in [3.05, 3.63) is 68.7 Å². The minimum atomic E-state index is -0.847. The summed E-state index contributed by atoms with van der Waals surface area (Å²) in [5.41, 5.74) is 1.69. The first-order valence-corrected chi connectivity index (χ1v) is 9.93. The number of hydrogen-bond donors (Lipinski definition) is 1. The van der Waals surface area contributed by atoms with Crippen LogP contribution in [-0.2, 0) is 14.3 Å². The van der Waals surface area contributed by atoms with Crippen LogP contribution in [-0.4, -0.2) is 49.1 Å². The fourth-order valence-corrected chi connectivity index (χ4v) is 3.79. The molecule has 0 aromatic heterocycles. The third kappa shape index (κ3) is 4.03. The highest BCUT2D eigenvalue weighted by Crippen LogP contribution is 2.42. The molecule has 2 aromatic carbocycles. The number of aliphatic hydroxyl groups excluding tert-OH is 1. The van der Waals surface area contributed by atoms with Crippen LogP contribution in [0.1, 0.15) is 22.7 Å². The third-order valence-electron chi connectivity index (χ3n) is 4.95. The second-order valence-electron chi connectivity index (χ2n) is 6.86. The number of hydrogen-bond acceptors (Lipinski definition) is 5. The van der Waals surface area contributed by atoms with Gasteiger partial charge in [-0.15, -0.1) is 0 Å². The molecule has 1 fully saturated rings. The summed E-state index contributed by atoms with van der Waals surface area (Å²) in [4.78, 5) is 27.1. The number of benzene rings is 2. The van der Waals surface area contributed by atoms with E-state index in [1.165, 1.54) is 19.1 Å². The maximum atomic E-state index is 13.0. The van der Waals surface area contributed by atoms with Crippen LogP contribution >= 0.6 is 23.2 Å². The molecule has 0 saturated carbocycles. The number of ketones is 1. The molecule has 30 heavy (non-hydrogen) atoms. The van der Waals surface area contributed by atoms with Gasteiger partial charge in [-0.1, -0.05) is 40.9 Å². The van der Waals surface area contributed by atoms with Crippen molar-refractivity contribution in [1.29, 1.82) is 0 Å². The third-order valence-corrected chi connectivity index (χ3v) is 5.68. The Morgan fingerprint density at radius 1 is 1.10 bits per heavy atom. The predicted molar refractivity (Wildman–Crippen MR) is 115 cm³/mol. The van der Waals surface area contributed by atoms with Gasteiger partial charge in [-0.3, -0.25) is 9.59 Å². The van der Waals surface area contributed by atoms with Crippen LogP contribution in [0, 0.1) is 6.92 Å². The summed E-state index contributed by atoms with van der Waals surface area (Å²) in [6.07, 6.45) is 0. The second-order valence-corrected chi connectivity index (χ2v) is 7.68. The molecule has 0 radical (unpaired) electrons. The molecule has 1 aliphatic rings. The van der Waals surface area contributed by atoms with Gasteiger partial charge < -0.3 is 19.5 Å². The number of carbonyl (C=O) groups excluding carboxylic acids is 2. The van der Waals surface area contributed by atoms with Gasteiger partial charge in [-0.2, -0.15) is 0 Å². The summed E-state index contributed by atoms with van der Waals surface area (Å²) < 4.78 is 10.4. The molecule has 8 heteroatoms. The van der Waals surface area contributed by atoms with Crippen LogP contribution in [0.4, 0.5) is 0 Å². The van der Waals surface area contributed by atoms with E-state index in [9.17, 15) is 14.7 Å². The SMILES string of the molecule is COCCN1C(=O)C(=O)/C(=C(/O)c2cc(C)ccc2OC)C1c1ccc(Cl)c(Cl)c1. The molecule has 1 saturated heterocycles. The van der Waals surface area contributed by atoms with Gasteiger partial charge in [0.25, 0.3) is 11.7 Å². The van der Waals surface area contributed by atoms with E-state index in [0.29, 0.717) is 21.9 Å². The first kappa shape index (κ1) is 22.2. The Bertz CT molecular complexity index is 1030. The molecule has 1 amide bonds. The summed E-state index contributed by atoms with van der Waals surface area (Å²) in [6, 6.07) is 9.21. The van der Waals surface area contributed by atoms with Crippen molar-refractivity contribution in [3.8, 4) is 5.75 Å². The van der Waals surface area contributed by atoms with E-state index >= 15 is 0 Å². The molecule has 6 nitrogen and oxygen atoms in total. The number of carbonyl (C=O) groups is 2. The van der Waals surface area contributed by atoms with E-state index in [-0.39, 0.29) is 29.5 Å². The molecule has 3 rings (SSSR count). The number of ether oxygens (including phenoxy) is 2. The number of aliphatic hydroxyl groups is 1. The fraction of sp³-hybridized carbons (Fsp3) is 0.273. The van der Waals surface area contributed by atoms with E-state index in [2.05, 4.69) is 0 Å². The summed E-state index contributed by atoms with van der Waals surface area (Å²) in [5.74, 6) is -1.45. The first-order chi connectivity index (χ1) is 14.3. The zero-order valence-corrected chi connectivity index (χ0v) is 18.3. The molecule has 0 bridgehead atoms. The Hall–Kier alpha value is -2.54. The first-order valence-electron chi connectivity index (χ1n) is 9.17. The van der Waals surface area contributed by atoms with Gasteiger partial charge in [0.15, 0.2) is 0 Å². The van der Waals surface area contributed by atoms with Crippen molar-refractivity contribution in [3.63, 3.8) is 0 Å². The standard InChI is InChI=1S/C22H21Cl2NO5/c1-12-4-7-17(30-3)14(10-12)20(26)18-19(13-5-6-15(23)16(24)11-13)25(8-9-29-2)22(28)21(18)27/h4-7,10-11,19,26H,8-9H2,1-3H3/b20-18+. The Labute approximate surface area is 184 Å². The number of amides is 1. The zero-order valence-electron chi connectivity index (χ0n) is 16.7. The van der Waals surface area contributed by atoms with Gasteiger partial charge in [0.1, 0.15) is 11.5 Å². The minimum absolute atomic E-state index is 0.0432. The van der Waals surface area contributed by atoms with E-state index in [1.54, 1.807) is 30.3 Å². The van der Waals surface area contributed by atoms with Crippen molar-refractivity contribution in [2.45, 2.75) is 13.0 Å². The molecular formula is C22H21Cl2NO5. The number of halogens is 2. The molecule has 158 valence electrons. The molecular weight excluding hydrogens is 429 g/mol. The molecule has 2 aromatic rings. The van der Waals surface area contributed by atoms with Crippen molar-refractivity contribution >= 4 is 40.7 Å². The molecule has 1 N–H and O–H groups in total. The number of nitrogens with zero attached hydrogens (tertiary/aromatic N) is 1. The van der Waals surface area contributed by atoms with E-state index in [0.717, 1.165) is 5.56 Å². The van der Waals surface area contributed by atoms with E-state index in [1.807, 2.05) is 13.0 Å². The summed E-state index contributed by atoms with van der Waals surface area (Å²) in [6.45, 7) is 2.23. The van der Waals surface area contributed by atoms with Crippen LogP contribution < -0.4 is 4.74 Å². The van der Waals surface area contributed by atoms with Crippen LogP contribution in [0.5, 0.6) is 5.75 Å². The summed E-state index contributed by atoms with van der Waals surface area (Å²) >= 11 is 12.2. The van der Waals surface area contributed by atoms with Gasteiger partial charge in [0.2, 0.25) is 0 Å². The van der Waals surface area contributed by atoms with Gasteiger partial charge in [0, 0.05) is 13.7 Å². The highest BCUT2D eigenvalue weighted by Gasteiger charge is 2.46. The van der Waals surface area contributed by atoms with Gasteiger partial charge in [-0.25, -0.2) is 0 Å². The molecule has 1 atom stereocenters. The Kier molecular flexibility index (Phi) is 6.71. The predicted octanol–water partition coefficient (Wildman–Crippen LogP) is 4.38. The maximum Gasteiger partial charge on any atom is 0.295 e. The smallest absolute Gasteiger partial charge is 0.295 e. The highest BCUT2D eigenvalue weighted by atomic mass is 35.5. The lowest BCUT2D eigenvalue weighted by atomic mass is 9.94. The zero-order chi connectivity index (χ0) is 22.0. The molecule has 0 aliphatic carbocycles. The van der Waals surface area contributed by atoms with Gasteiger partial charge in [0.05, 0.1) is 40.9 Å². The topological polar surface area (TPSA) is 76.1 Å². The molecule has 1 heterocycles. The normalized spacial score (nSPS) is 18.2. The van der Waals surface area contributed by atoms with Gasteiger partial charge >= 0.3 is 0 Å². The average Bonchev–Trinajstić information content (AvgIpc) is 2.98. The van der Waals surface area contributed by atoms with Crippen LogP contribution in [0.2, 0.25) is 10.0 Å². The van der Waals surface area contributed by atoms with E-state index < -0.39 is 17.7 Å². The lowest BCUT2D eigenvalue weighted by molar-refractivity contribution is -0.140. The van der Waals surface area contributed by atoms with Crippen LogP contribution in [0.25, 0.3) is 5.76 Å². The Morgan fingerprint density at radius 3 is 2.47 bits per heavy atom. The van der Waals surface area contributed by atoms with Crippen molar-refractivity contribution in [2.24, 2.45) is 0 Å². The Morgan fingerprint density at radius 2 is 1.83 bits per heavy atom. The lowest BCUT2D eigenvalue weighted by Gasteiger charge is -2.25. The van der Waals surface area contributed by atoms with Crippen LogP contribution in [0.15, 0.2) is 42.0 Å². The number of methoxy groups -OCH3 is 2. The Balaban J connectivity index is 2.25. The van der Waals surface area contributed by atoms with Gasteiger partial charge in [-0.05, 0) is 36.8 Å². The largest absolute Gasteiger partial charge is 0.507 e.